The average molecular weight is 224 g/mol. The first-order valence-electron chi connectivity index (χ1n) is 4.28. The molecule has 0 aliphatic carbocycles. The second-order valence-electron chi connectivity index (χ2n) is 3.18. The highest BCUT2D eigenvalue weighted by Crippen LogP contribution is 2.27. The van der Waals surface area contributed by atoms with Crippen molar-refractivity contribution in [1.82, 2.24) is 15.2 Å². The molecule has 6 heteroatoms. The summed E-state index contributed by atoms with van der Waals surface area (Å²) in [6, 6.07) is 1.40. The number of halogens is 1. The lowest BCUT2D eigenvalue weighted by Crippen LogP contribution is -2.07. The summed E-state index contributed by atoms with van der Waals surface area (Å²) in [4.78, 5) is 5.62. The summed E-state index contributed by atoms with van der Waals surface area (Å²) >= 11 is 1.40. The van der Waals surface area contributed by atoms with Crippen LogP contribution in [0.2, 0.25) is 0 Å². The van der Waals surface area contributed by atoms with Gasteiger partial charge in [-0.3, -0.25) is 4.98 Å². The first-order chi connectivity index (χ1) is 7.16. The third-order valence-corrected chi connectivity index (χ3v) is 2.89. The van der Waals surface area contributed by atoms with Crippen molar-refractivity contribution in [3.05, 3.63) is 24.3 Å². The monoisotopic (exact) mass is 224 g/mol. The van der Waals surface area contributed by atoms with Crippen LogP contribution in [0.1, 0.15) is 0 Å². The van der Waals surface area contributed by atoms with Crippen molar-refractivity contribution < 1.29 is 4.39 Å². The Morgan fingerprint density at radius 1 is 1.27 bits per heavy atom. The van der Waals surface area contributed by atoms with Crippen molar-refractivity contribution in [1.29, 1.82) is 0 Å². The minimum absolute atomic E-state index is 0.367. The third kappa shape index (κ3) is 2.10. The van der Waals surface area contributed by atoms with Crippen molar-refractivity contribution in [2.75, 3.05) is 19.0 Å². The molecule has 0 aliphatic rings. The van der Waals surface area contributed by atoms with E-state index in [0.29, 0.717) is 10.6 Å². The highest BCUT2D eigenvalue weighted by atomic mass is 32.1. The van der Waals surface area contributed by atoms with Crippen LogP contribution in [-0.2, 0) is 0 Å². The molecule has 0 spiro atoms. The van der Waals surface area contributed by atoms with E-state index in [0.717, 1.165) is 11.3 Å². The van der Waals surface area contributed by atoms with E-state index in [-0.39, 0.29) is 5.82 Å². The van der Waals surface area contributed by atoms with Crippen molar-refractivity contribution in [2.24, 2.45) is 0 Å². The van der Waals surface area contributed by atoms with E-state index < -0.39 is 0 Å². The Balaban J connectivity index is 2.37. The van der Waals surface area contributed by atoms with Crippen molar-refractivity contribution in [2.45, 2.75) is 0 Å². The molecule has 0 saturated heterocycles. The Hall–Kier alpha value is -1.56. The van der Waals surface area contributed by atoms with Crippen LogP contribution in [0.25, 0.3) is 10.6 Å². The second-order valence-corrected chi connectivity index (χ2v) is 4.13. The van der Waals surface area contributed by atoms with Crippen molar-refractivity contribution >= 4 is 16.5 Å². The molecule has 0 amide bonds. The standard InChI is InChI=1S/C9H9FN4S/c1-14(2)9-13-12-8(15-9)6-3-7(10)5-11-4-6/h3-5H,1-2H3. The summed E-state index contributed by atoms with van der Waals surface area (Å²) in [6.45, 7) is 0. The van der Waals surface area contributed by atoms with Gasteiger partial charge in [-0.05, 0) is 6.07 Å². The van der Waals surface area contributed by atoms with Crippen molar-refractivity contribution in [3.8, 4) is 10.6 Å². The van der Waals surface area contributed by atoms with Gasteiger partial charge in [-0.25, -0.2) is 4.39 Å². The van der Waals surface area contributed by atoms with Crippen LogP contribution in [0.4, 0.5) is 9.52 Å². The zero-order valence-electron chi connectivity index (χ0n) is 8.31. The van der Waals surface area contributed by atoms with E-state index in [9.17, 15) is 4.39 Å². The first kappa shape index (κ1) is 9.97. The van der Waals surface area contributed by atoms with E-state index >= 15 is 0 Å². The predicted octanol–water partition coefficient (Wildman–Crippen LogP) is 1.81. The van der Waals surface area contributed by atoms with E-state index in [2.05, 4.69) is 15.2 Å². The highest BCUT2D eigenvalue weighted by molar-refractivity contribution is 7.18. The maximum absolute atomic E-state index is 12.9. The van der Waals surface area contributed by atoms with Gasteiger partial charge in [0, 0.05) is 25.9 Å². The fraction of sp³-hybridized carbons (Fsp3) is 0.222. The molecule has 78 valence electrons. The van der Waals surface area contributed by atoms with Gasteiger partial charge in [-0.2, -0.15) is 0 Å². The Morgan fingerprint density at radius 3 is 2.67 bits per heavy atom. The number of aromatic nitrogens is 3. The van der Waals surface area contributed by atoms with Gasteiger partial charge in [0.25, 0.3) is 0 Å². The molecule has 0 radical (unpaired) electrons. The molecular formula is C9H9FN4S. The van der Waals surface area contributed by atoms with Crippen molar-refractivity contribution in [3.63, 3.8) is 0 Å². The topological polar surface area (TPSA) is 41.9 Å². The lowest BCUT2D eigenvalue weighted by Gasteiger charge is -2.03. The molecule has 2 aromatic heterocycles. The van der Waals surface area contributed by atoms with Crippen LogP contribution in [0.15, 0.2) is 18.5 Å². The van der Waals surface area contributed by atoms with Gasteiger partial charge in [0.1, 0.15) is 5.82 Å². The fourth-order valence-electron chi connectivity index (χ4n) is 1.04. The number of hydrogen-bond acceptors (Lipinski definition) is 5. The molecule has 4 nitrogen and oxygen atoms in total. The minimum Gasteiger partial charge on any atom is -0.353 e. The van der Waals surface area contributed by atoms with Crippen LogP contribution < -0.4 is 4.90 Å². The SMILES string of the molecule is CN(C)c1nnc(-c2cncc(F)c2)s1. The van der Waals surface area contributed by atoms with E-state index in [1.165, 1.54) is 17.4 Å². The molecule has 2 heterocycles. The molecular weight excluding hydrogens is 215 g/mol. The van der Waals surface area contributed by atoms with Gasteiger partial charge in [0.05, 0.1) is 6.20 Å². The molecule has 0 saturated carbocycles. The molecule has 0 bridgehead atoms. The Kier molecular flexibility index (Phi) is 2.59. The Morgan fingerprint density at radius 2 is 2.07 bits per heavy atom. The zero-order chi connectivity index (χ0) is 10.8. The predicted molar refractivity (Wildman–Crippen MR) is 57.4 cm³/mol. The van der Waals surface area contributed by atoms with Crippen LogP contribution in [0.5, 0.6) is 0 Å². The molecule has 0 aliphatic heterocycles. The molecule has 15 heavy (non-hydrogen) atoms. The van der Waals surface area contributed by atoms with E-state index in [1.54, 1.807) is 6.20 Å². The molecule has 2 aromatic rings. The summed E-state index contributed by atoms with van der Waals surface area (Å²) in [5, 5.41) is 9.39. The first-order valence-corrected chi connectivity index (χ1v) is 5.10. The molecule has 2 rings (SSSR count). The molecule has 0 fully saturated rings. The number of rotatable bonds is 2. The smallest absolute Gasteiger partial charge is 0.208 e. The maximum atomic E-state index is 12.9. The second kappa shape index (κ2) is 3.90. The van der Waals surface area contributed by atoms with Crippen LogP contribution in [-0.4, -0.2) is 29.3 Å². The molecule has 0 N–H and O–H groups in total. The summed E-state index contributed by atoms with van der Waals surface area (Å²) in [6.07, 6.45) is 2.74. The number of pyridine rings is 1. The minimum atomic E-state index is -0.367. The Labute approximate surface area is 90.4 Å². The number of nitrogens with zero attached hydrogens (tertiary/aromatic N) is 4. The lowest BCUT2D eigenvalue weighted by atomic mass is 10.3. The van der Waals surface area contributed by atoms with Crippen LogP contribution in [0.3, 0.4) is 0 Å². The molecule has 0 unspecified atom stereocenters. The number of hydrogen-bond donors (Lipinski definition) is 0. The zero-order valence-corrected chi connectivity index (χ0v) is 9.12. The quantitative estimate of drug-likeness (QED) is 0.780. The van der Waals surface area contributed by atoms with Gasteiger partial charge in [0.15, 0.2) is 5.01 Å². The largest absolute Gasteiger partial charge is 0.353 e. The maximum Gasteiger partial charge on any atom is 0.208 e. The summed E-state index contributed by atoms with van der Waals surface area (Å²) in [5.41, 5.74) is 0.653. The van der Waals surface area contributed by atoms with Crippen LogP contribution >= 0.6 is 11.3 Å². The van der Waals surface area contributed by atoms with Gasteiger partial charge in [-0.15, -0.1) is 10.2 Å². The number of anilines is 1. The summed E-state index contributed by atoms with van der Waals surface area (Å²) in [7, 11) is 3.77. The average Bonchev–Trinajstić information content (AvgIpc) is 2.66. The summed E-state index contributed by atoms with van der Waals surface area (Å²) < 4.78 is 12.9. The van der Waals surface area contributed by atoms with Crippen LogP contribution in [0, 0.1) is 5.82 Å². The molecule has 0 aromatic carbocycles. The van der Waals surface area contributed by atoms with Gasteiger partial charge in [-0.1, -0.05) is 11.3 Å². The van der Waals surface area contributed by atoms with E-state index in [4.69, 9.17) is 0 Å². The lowest BCUT2D eigenvalue weighted by molar-refractivity contribution is 0.622. The highest BCUT2D eigenvalue weighted by Gasteiger charge is 2.08. The molecule has 0 atom stereocenters. The van der Waals surface area contributed by atoms with Gasteiger partial charge < -0.3 is 4.90 Å². The fourth-order valence-corrected chi connectivity index (χ4v) is 1.79. The Bertz CT molecular complexity index is 469. The normalized spacial score (nSPS) is 10.3. The van der Waals surface area contributed by atoms with Gasteiger partial charge in [0.2, 0.25) is 5.13 Å². The van der Waals surface area contributed by atoms with Gasteiger partial charge >= 0.3 is 0 Å². The summed E-state index contributed by atoms with van der Waals surface area (Å²) in [5.74, 6) is -0.367. The van der Waals surface area contributed by atoms with E-state index in [1.807, 2.05) is 19.0 Å². The third-order valence-electron chi connectivity index (χ3n) is 1.75.